The summed E-state index contributed by atoms with van der Waals surface area (Å²) in [7, 11) is 2.75. The van der Waals surface area contributed by atoms with Gasteiger partial charge in [-0.05, 0) is 12.1 Å². The number of esters is 1. The van der Waals surface area contributed by atoms with Crippen molar-refractivity contribution in [1.82, 2.24) is 0 Å². The van der Waals surface area contributed by atoms with Crippen LogP contribution in [0.1, 0.15) is 10.4 Å². The van der Waals surface area contributed by atoms with Gasteiger partial charge in [-0.2, -0.15) is 0 Å². The van der Waals surface area contributed by atoms with Crippen LogP contribution in [0, 0.1) is 0 Å². The fourth-order valence-electron chi connectivity index (χ4n) is 1.23. The van der Waals surface area contributed by atoms with Gasteiger partial charge in [0, 0.05) is 0 Å². The first-order valence-corrected chi connectivity index (χ1v) is 5.35. The van der Waals surface area contributed by atoms with Crippen LogP contribution < -0.4 is 9.47 Å². The first-order chi connectivity index (χ1) is 8.13. The molecule has 0 heterocycles. The number of methoxy groups -OCH3 is 2. The lowest BCUT2D eigenvalue weighted by Gasteiger charge is -2.10. The standard InChI is InChI=1S/C11H13ClO5/c1-15-8-5-7(11(14)17-4-3-12)6-9(16-2)10(8)13/h5-6,13H,3-4H2,1-2H3. The van der Waals surface area contributed by atoms with Crippen molar-refractivity contribution in [3.05, 3.63) is 17.7 Å². The number of aromatic hydroxyl groups is 1. The predicted octanol–water partition coefficient (Wildman–Crippen LogP) is 1.80. The Labute approximate surface area is 104 Å². The average Bonchev–Trinajstić information content (AvgIpc) is 2.36. The average molecular weight is 261 g/mol. The minimum Gasteiger partial charge on any atom is -0.502 e. The highest BCUT2D eigenvalue weighted by atomic mass is 35.5. The summed E-state index contributed by atoms with van der Waals surface area (Å²) >= 11 is 5.41. The van der Waals surface area contributed by atoms with Gasteiger partial charge in [0.2, 0.25) is 5.75 Å². The number of hydrogen-bond donors (Lipinski definition) is 1. The second-order valence-electron chi connectivity index (χ2n) is 3.05. The summed E-state index contributed by atoms with van der Waals surface area (Å²) in [5.41, 5.74) is 0.224. The van der Waals surface area contributed by atoms with Crippen molar-refractivity contribution >= 4 is 17.6 Å². The van der Waals surface area contributed by atoms with E-state index in [1.807, 2.05) is 0 Å². The molecule has 0 bridgehead atoms. The molecule has 0 aliphatic carbocycles. The van der Waals surface area contributed by atoms with Crippen LogP contribution >= 0.6 is 11.6 Å². The zero-order chi connectivity index (χ0) is 12.8. The van der Waals surface area contributed by atoms with Crippen LogP contribution in [0.25, 0.3) is 0 Å². The Hall–Kier alpha value is -1.62. The molecular formula is C11H13ClO5. The largest absolute Gasteiger partial charge is 0.502 e. The Bertz CT molecular complexity index is 380. The Balaban J connectivity index is 3.04. The lowest BCUT2D eigenvalue weighted by molar-refractivity contribution is 0.0528. The molecule has 0 atom stereocenters. The molecule has 0 aliphatic rings. The molecule has 1 aromatic carbocycles. The second kappa shape index (κ2) is 6.20. The molecule has 94 valence electrons. The monoisotopic (exact) mass is 260 g/mol. The lowest BCUT2D eigenvalue weighted by atomic mass is 10.2. The third-order valence-electron chi connectivity index (χ3n) is 2.03. The summed E-state index contributed by atoms with van der Waals surface area (Å²) in [5, 5.41) is 9.65. The smallest absolute Gasteiger partial charge is 0.338 e. The fraction of sp³-hybridized carbons (Fsp3) is 0.364. The first-order valence-electron chi connectivity index (χ1n) is 4.82. The predicted molar refractivity (Wildman–Crippen MR) is 62.2 cm³/mol. The number of rotatable bonds is 5. The summed E-state index contributed by atoms with van der Waals surface area (Å²) < 4.78 is 14.7. The normalized spacial score (nSPS) is 9.82. The summed E-state index contributed by atoms with van der Waals surface area (Å²) in [5.74, 6) is -0.214. The van der Waals surface area contributed by atoms with Crippen molar-refractivity contribution < 1.29 is 24.1 Å². The van der Waals surface area contributed by atoms with Gasteiger partial charge in [-0.15, -0.1) is 11.6 Å². The van der Waals surface area contributed by atoms with Crippen LogP contribution in [0.2, 0.25) is 0 Å². The SMILES string of the molecule is COc1cc(C(=O)OCCCl)cc(OC)c1O. The maximum Gasteiger partial charge on any atom is 0.338 e. The quantitative estimate of drug-likeness (QED) is 0.646. The van der Waals surface area contributed by atoms with E-state index in [0.717, 1.165) is 0 Å². The van der Waals surface area contributed by atoms with Crippen molar-refractivity contribution in [1.29, 1.82) is 0 Å². The van der Waals surface area contributed by atoms with Gasteiger partial charge in [0.25, 0.3) is 0 Å². The van der Waals surface area contributed by atoms with Crippen LogP contribution in [-0.2, 0) is 4.74 Å². The minimum absolute atomic E-state index is 0.117. The number of hydrogen-bond acceptors (Lipinski definition) is 5. The van der Waals surface area contributed by atoms with Gasteiger partial charge in [-0.3, -0.25) is 0 Å². The maximum atomic E-state index is 11.6. The van der Waals surface area contributed by atoms with Crippen LogP contribution in [0.3, 0.4) is 0 Å². The van der Waals surface area contributed by atoms with E-state index in [9.17, 15) is 9.90 Å². The number of carbonyl (C=O) groups is 1. The topological polar surface area (TPSA) is 65.0 Å². The Morgan fingerprint density at radius 3 is 2.24 bits per heavy atom. The Morgan fingerprint density at radius 2 is 1.82 bits per heavy atom. The number of phenols is 1. The number of benzene rings is 1. The molecule has 0 aromatic heterocycles. The molecule has 1 aromatic rings. The van der Waals surface area contributed by atoms with Crippen LogP contribution in [0.4, 0.5) is 0 Å². The zero-order valence-electron chi connectivity index (χ0n) is 9.53. The van der Waals surface area contributed by atoms with Gasteiger partial charge in [-0.1, -0.05) is 0 Å². The number of halogens is 1. The van der Waals surface area contributed by atoms with E-state index in [1.165, 1.54) is 26.4 Å². The van der Waals surface area contributed by atoms with E-state index in [4.69, 9.17) is 25.8 Å². The molecule has 0 spiro atoms. The van der Waals surface area contributed by atoms with Crippen molar-refractivity contribution in [2.24, 2.45) is 0 Å². The molecule has 0 unspecified atom stereocenters. The third kappa shape index (κ3) is 3.17. The Kier molecular flexibility index (Phi) is 4.90. The lowest BCUT2D eigenvalue weighted by Crippen LogP contribution is -2.07. The molecule has 1 N–H and O–H groups in total. The van der Waals surface area contributed by atoms with Gasteiger partial charge in [-0.25, -0.2) is 4.79 Å². The summed E-state index contributed by atoms with van der Waals surface area (Å²) in [4.78, 5) is 11.6. The van der Waals surface area contributed by atoms with E-state index in [0.29, 0.717) is 0 Å². The van der Waals surface area contributed by atoms with Crippen molar-refractivity contribution in [2.75, 3.05) is 26.7 Å². The van der Waals surface area contributed by atoms with E-state index in [1.54, 1.807) is 0 Å². The first kappa shape index (κ1) is 13.4. The van der Waals surface area contributed by atoms with E-state index in [-0.39, 0.29) is 35.3 Å². The van der Waals surface area contributed by atoms with Crippen molar-refractivity contribution in [2.45, 2.75) is 0 Å². The molecular weight excluding hydrogens is 248 g/mol. The molecule has 0 saturated carbocycles. The van der Waals surface area contributed by atoms with Gasteiger partial charge < -0.3 is 19.3 Å². The molecule has 0 fully saturated rings. The molecule has 5 nitrogen and oxygen atoms in total. The zero-order valence-corrected chi connectivity index (χ0v) is 10.3. The number of ether oxygens (including phenoxy) is 3. The molecule has 0 radical (unpaired) electrons. The number of phenolic OH excluding ortho intramolecular Hbond substituents is 1. The van der Waals surface area contributed by atoms with Gasteiger partial charge >= 0.3 is 5.97 Å². The molecule has 1 rings (SSSR count). The van der Waals surface area contributed by atoms with Crippen molar-refractivity contribution in [3.63, 3.8) is 0 Å². The number of alkyl halides is 1. The molecule has 17 heavy (non-hydrogen) atoms. The maximum absolute atomic E-state index is 11.6. The highest BCUT2D eigenvalue weighted by molar-refractivity contribution is 6.18. The van der Waals surface area contributed by atoms with Crippen LogP contribution in [-0.4, -0.2) is 37.8 Å². The van der Waals surface area contributed by atoms with E-state index < -0.39 is 5.97 Å². The van der Waals surface area contributed by atoms with Gasteiger partial charge in [0.05, 0.1) is 25.7 Å². The van der Waals surface area contributed by atoms with E-state index >= 15 is 0 Å². The third-order valence-corrected chi connectivity index (χ3v) is 2.18. The summed E-state index contributed by atoms with van der Waals surface area (Å²) in [6.45, 7) is 0.117. The highest BCUT2D eigenvalue weighted by Crippen LogP contribution is 2.37. The number of carbonyl (C=O) groups excluding carboxylic acids is 1. The molecule has 6 heteroatoms. The Morgan fingerprint density at radius 1 is 1.29 bits per heavy atom. The van der Waals surface area contributed by atoms with Crippen LogP contribution in [0.5, 0.6) is 17.2 Å². The van der Waals surface area contributed by atoms with Crippen molar-refractivity contribution in [3.8, 4) is 17.2 Å². The fourth-order valence-corrected chi connectivity index (χ4v) is 1.30. The minimum atomic E-state index is -0.553. The highest BCUT2D eigenvalue weighted by Gasteiger charge is 2.16. The van der Waals surface area contributed by atoms with Gasteiger partial charge in [0.1, 0.15) is 6.61 Å². The summed E-state index contributed by atoms with van der Waals surface area (Å²) in [6.07, 6.45) is 0. The molecule has 0 amide bonds. The van der Waals surface area contributed by atoms with Gasteiger partial charge in [0.15, 0.2) is 11.5 Å². The van der Waals surface area contributed by atoms with Crippen LogP contribution in [0.15, 0.2) is 12.1 Å². The van der Waals surface area contributed by atoms with E-state index in [2.05, 4.69) is 0 Å². The second-order valence-corrected chi connectivity index (χ2v) is 3.43. The summed E-state index contributed by atoms with van der Waals surface area (Å²) in [6, 6.07) is 2.74. The molecule has 0 saturated heterocycles. The molecule has 0 aliphatic heterocycles.